The maximum Gasteiger partial charge on any atom is 0.0146 e. The first-order valence-corrected chi connectivity index (χ1v) is 8.40. The fraction of sp³-hybridized carbons (Fsp3) is 0.625. The van der Waals surface area contributed by atoms with Crippen LogP contribution in [0.2, 0.25) is 0 Å². The fourth-order valence-electron chi connectivity index (χ4n) is 2.12. The van der Waals surface area contributed by atoms with Crippen molar-refractivity contribution in [1.29, 1.82) is 0 Å². The second-order valence-electron chi connectivity index (χ2n) is 5.01. The van der Waals surface area contributed by atoms with Gasteiger partial charge in [-0.05, 0) is 51.0 Å². The Morgan fingerprint density at radius 3 is 2.26 bits per heavy atom. The standard InChI is InChI=1S/C16H28N2S/c1-3-11-18(12-4-2)13-10-15(17)14-19-16-8-6-5-7-9-16/h5-9,15H,3-4,10-14,17H2,1-2H3. The third kappa shape index (κ3) is 7.61. The molecule has 1 rings (SSSR count). The van der Waals surface area contributed by atoms with Crippen molar-refractivity contribution < 1.29 is 0 Å². The van der Waals surface area contributed by atoms with Crippen LogP contribution in [0.15, 0.2) is 35.2 Å². The van der Waals surface area contributed by atoms with E-state index in [1.165, 1.54) is 30.8 Å². The van der Waals surface area contributed by atoms with E-state index in [1.807, 2.05) is 11.8 Å². The van der Waals surface area contributed by atoms with Crippen LogP contribution in [0.5, 0.6) is 0 Å². The van der Waals surface area contributed by atoms with Crippen LogP contribution in [0.4, 0.5) is 0 Å². The number of hydrogen-bond acceptors (Lipinski definition) is 3. The minimum Gasteiger partial charge on any atom is -0.327 e. The lowest BCUT2D eigenvalue weighted by Crippen LogP contribution is -2.32. The molecule has 0 bridgehead atoms. The van der Waals surface area contributed by atoms with Crippen LogP contribution in [0, 0.1) is 0 Å². The highest BCUT2D eigenvalue weighted by atomic mass is 32.2. The zero-order valence-electron chi connectivity index (χ0n) is 12.3. The van der Waals surface area contributed by atoms with E-state index in [0.29, 0.717) is 6.04 Å². The summed E-state index contributed by atoms with van der Waals surface area (Å²) in [6.45, 7) is 8.03. The van der Waals surface area contributed by atoms with Crippen LogP contribution in [0.1, 0.15) is 33.1 Å². The number of nitrogens with zero attached hydrogens (tertiary/aromatic N) is 1. The third-order valence-electron chi connectivity index (χ3n) is 3.10. The van der Waals surface area contributed by atoms with Crippen molar-refractivity contribution in [2.45, 2.75) is 44.0 Å². The third-order valence-corrected chi connectivity index (χ3v) is 4.30. The molecule has 2 nitrogen and oxygen atoms in total. The van der Waals surface area contributed by atoms with Gasteiger partial charge in [0.1, 0.15) is 0 Å². The molecule has 0 aliphatic carbocycles. The zero-order chi connectivity index (χ0) is 13.9. The van der Waals surface area contributed by atoms with Gasteiger partial charge in [-0.1, -0.05) is 32.0 Å². The Hall–Kier alpha value is -0.510. The minimum absolute atomic E-state index is 0.293. The number of hydrogen-bond donors (Lipinski definition) is 1. The van der Waals surface area contributed by atoms with Crippen LogP contribution in [0.3, 0.4) is 0 Å². The number of nitrogens with two attached hydrogens (primary N) is 1. The molecule has 1 atom stereocenters. The summed E-state index contributed by atoms with van der Waals surface area (Å²) in [6.07, 6.45) is 3.56. The van der Waals surface area contributed by atoms with Crippen molar-refractivity contribution in [1.82, 2.24) is 4.90 Å². The molecule has 1 unspecified atom stereocenters. The second-order valence-corrected chi connectivity index (χ2v) is 6.11. The summed E-state index contributed by atoms with van der Waals surface area (Å²) >= 11 is 1.86. The number of rotatable bonds is 10. The normalized spacial score (nSPS) is 12.8. The predicted octanol–water partition coefficient (Wildman–Crippen LogP) is 3.62. The molecule has 3 heteroatoms. The van der Waals surface area contributed by atoms with Crippen LogP contribution in [0.25, 0.3) is 0 Å². The van der Waals surface area contributed by atoms with E-state index in [4.69, 9.17) is 5.73 Å². The summed E-state index contributed by atoms with van der Waals surface area (Å²) in [7, 11) is 0. The van der Waals surface area contributed by atoms with E-state index in [1.54, 1.807) is 0 Å². The Kier molecular flexibility index (Phi) is 8.97. The molecule has 0 radical (unpaired) electrons. The minimum atomic E-state index is 0.293. The quantitative estimate of drug-likeness (QED) is 0.664. The van der Waals surface area contributed by atoms with Crippen LogP contribution >= 0.6 is 11.8 Å². The molecule has 0 aliphatic heterocycles. The first kappa shape index (κ1) is 16.5. The van der Waals surface area contributed by atoms with Gasteiger partial charge in [0.25, 0.3) is 0 Å². The molecule has 0 aliphatic rings. The summed E-state index contributed by atoms with van der Waals surface area (Å²) in [5, 5.41) is 0. The molecule has 0 spiro atoms. The van der Waals surface area contributed by atoms with Crippen molar-refractivity contribution in [3.63, 3.8) is 0 Å². The average molecular weight is 280 g/mol. The number of benzene rings is 1. The van der Waals surface area contributed by atoms with Crippen molar-refractivity contribution in [2.75, 3.05) is 25.4 Å². The Labute approximate surface area is 122 Å². The summed E-state index contributed by atoms with van der Waals surface area (Å²) in [6, 6.07) is 10.8. The van der Waals surface area contributed by atoms with Gasteiger partial charge in [-0.15, -0.1) is 11.8 Å². The van der Waals surface area contributed by atoms with Crippen molar-refractivity contribution in [3.05, 3.63) is 30.3 Å². The molecule has 2 N–H and O–H groups in total. The van der Waals surface area contributed by atoms with E-state index in [2.05, 4.69) is 49.1 Å². The Balaban J connectivity index is 2.21. The highest BCUT2D eigenvalue weighted by Gasteiger charge is 2.07. The van der Waals surface area contributed by atoms with E-state index >= 15 is 0 Å². The van der Waals surface area contributed by atoms with Crippen molar-refractivity contribution >= 4 is 11.8 Å². The molecule has 0 amide bonds. The van der Waals surface area contributed by atoms with Gasteiger partial charge >= 0.3 is 0 Å². The van der Waals surface area contributed by atoms with Gasteiger partial charge in [0.2, 0.25) is 0 Å². The maximum absolute atomic E-state index is 6.21. The SMILES string of the molecule is CCCN(CCC)CCC(N)CSc1ccccc1. The largest absolute Gasteiger partial charge is 0.327 e. The van der Waals surface area contributed by atoms with Gasteiger partial charge in [0.05, 0.1) is 0 Å². The molecule has 1 aromatic rings. The predicted molar refractivity (Wildman–Crippen MR) is 86.8 cm³/mol. The first-order chi connectivity index (χ1) is 9.26. The van der Waals surface area contributed by atoms with Gasteiger partial charge in [-0.3, -0.25) is 0 Å². The fourth-order valence-corrected chi connectivity index (χ4v) is 3.04. The molecule has 0 heterocycles. The summed E-state index contributed by atoms with van der Waals surface area (Å²) in [5.41, 5.74) is 6.21. The topological polar surface area (TPSA) is 29.3 Å². The lowest BCUT2D eigenvalue weighted by Gasteiger charge is -2.22. The molecule has 0 fully saturated rings. The van der Waals surface area contributed by atoms with Gasteiger partial charge in [0, 0.05) is 16.7 Å². The second kappa shape index (κ2) is 10.3. The van der Waals surface area contributed by atoms with E-state index in [-0.39, 0.29) is 0 Å². The van der Waals surface area contributed by atoms with E-state index in [9.17, 15) is 0 Å². The highest BCUT2D eigenvalue weighted by Crippen LogP contribution is 2.18. The van der Waals surface area contributed by atoms with E-state index < -0.39 is 0 Å². The van der Waals surface area contributed by atoms with Crippen LogP contribution in [-0.2, 0) is 0 Å². The van der Waals surface area contributed by atoms with E-state index in [0.717, 1.165) is 18.7 Å². The molecule has 1 aromatic carbocycles. The van der Waals surface area contributed by atoms with Crippen molar-refractivity contribution in [3.8, 4) is 0 Å². The molecule has 19 heavy (non-hydrogen) atoms. The molecular formula is C16H28N2S. The Morgan fingerprint density at radius 1 is 1.05 bits per heavy atom. The molecule has 0 aromatic heterocycles. The van der Waals surface area contributed by atoms with Gasteiger partial charge in [0.15, 0.2) is 0 Å². The summed E-state index contributed by atoms with van der Waals surface area (Å²) in [4.78, 5) is 3.85. The van der Waals surface area contributed by atoms with Gasteiger partial charge in [-0.25, -0.2) is 0 Å². The Morgan fingerprint density at radius 2 is 1.68 bits per heavy atom. The number of thioether (sulfide) groups is 1. The summed E-state index contributed by atoms with van der Waals surface area (Å²) in [5.74, 6) is 1.01. The van der Waals surface area contributed by atoms with Crippen molar-refractivity contribution in [2.24, 2.45) is 5.73 Å². The van der Waals surface area contributed by atoms with Crippen LogP contribution in [-0.4, -0.2) is 36.3 Å². The lowest BCUT2D eigenvalue weighted by atomic mass is 10.2. The highest BCUT2D eigenvalue weighted by molar-refractivity contribution is 7.99. The molecule has 0 saturated heterocycles. The smallest absolute Gasteiger partial charge is 0.0146 e. The monoisotopic (exact) mass is 280 g/mol. The molecule has 0 saturated carbocycles. The van der Waals surface area contributed by atoms with Gasteiger partial charge in [-0.2, -0.15) is 0 Å². The zero-order valence-corrected chi connectivity index (χ0v) is 13.2. The lowest BCUT2D eigenvalue weighted by molar-refractivity contribution is 0.266. The molecule has 108 valence electrons. The summed E-state index contributed by atoms with van der Waals surface area (Å²) < 4.78 is 0. The molecular weight excluding hydrogens is 252 g/mol. The Bertz CT molecular complexity index is 310. The van der Waals surface area contributed by atoms with Gasteiger partial charge < -0.3 is 10.6 Å². The first-order valence-electron chi connectivity index (χ1n) is 7.42. The average Bonchev–Trinajstić information content (AvgIpc) is 2.44. The maximum atomic E-state index is 6.21. The van der Waals surface area contributed by atoms with Crippen LogP contribution < -0.4 is 5.73 Å².